The molecule has 6 nitrogen and oxygen atoms in total. The van der Waals surface area contributed by atoms with E-state index < -0.39 is 0 Å². The molecule has 0 bridgehead atoms. The first kappa shape index (κ1) is 19.0. The molecule has 144 valence electrons. The van der Waals surface area contributed by atoms with Gasteiger partial charge in [-0.1, -0.05) is 30.3 Å². The molecule has 2 aromatic carbocycles. The Kier molecular flexibility index (Phi) is 6.54. The van der Waals surface area contributed by atoms with E-state index in [0.29, 0.717) is 17.2 Å². The average molecular weight is 369 g/mol. The fourth-order valence-corrected chi connectivity index (χ4v) is 3.18. The van der Waals surface area contributed by atoms with Crippen LogP contribution in [0.4, 0.5) is 0 Å². The molecule has 0 aromatic heterocycles. The Balaban J connectivity index is 1.59. The summed E-state index contributed by atoms with van der Waals surface area (Å²) >= 11 is 0. The summed E-state index contributed by atoms with van der Waals surface area (Å²) < 4.78 is 16.1. The van der Waals surface area contributed by atoms with E-state index in [1.165, 1.54) is 5.56 Å². The number of hydrogen-bond donors (Lipinski definition) is 0. The summed E-state index contributed by atoms with van der Waals surface area (Å²) in [4.78, 5) is 2.46. The molecule has 3 rings (SSSR count). The summed E-state index contributed by atoms with van der Waals surface area (Å²) in [6.45, 7) is 4.82. The van der Waals surface area contributed by atoms with Crippen LogP contribution in [-0.4, -0.2) is 63.6 Å². The van der Waals surface area contributed by atoms with E-state index in [2.05, 4.69) is 45.3 Å². The van der Waals surface area contributed by atoms with Gasteiger partial charge in [-0.2, -0.15) is 5.10 Å². The summed E-state index contributed by atoms with van der Waals surface area (Å²) in [5.74, 6) is 1.85. The number of ether oxygens (including phenoxy) is 3. The lowest BCUT2D eigenvalue weighted by molar-refractivity contribution is 0.131. The molecule has 0 aliphatic carbocycles. The Labute approximate surface area is 160 Å². The highest BCUT2D eigenvalue weighted by Crippen LogP contribution is 2.37. The van der Waals surface area contributed by atoms with Crippen LogP contribution in [0.1, 0.15) is 11.1 Å². The van der Waals surface area contributed by atoms with E-state index >= 15 is 0 Å². The second kappa shape index (κ2) is 9.28. The monoisotopic (exact) mass is 369 g/mol. The third kappa shape index (κ3) is 4.92. The van der Waals surface area contributed by atoms with Crippen molar-refractivity contribution >= 4 is 6.21 Å². The summed E-state index contributed by atoms with van der Waals surface area (Å²) in [6, 6.07) is 14.4. The fraction of sp³-hybridized carbons (Fsp3) is 0.381. The lowest BCUT2D eigenvalue weighted by Gasteiger charge is -2.33. The minimum Gasteiger partial charge on any atom is -0.493 e. The van der Waals surface area contributed by atoms with Gasteiger partial charge in [0.1, 0.15) is 0 Å². The summed E-state index contributed by atoms with van der Waals surface area (Å²) in [6.07, 6.45) is 1.84. The zero-order valence-electron chi connectivity index (χ0n) is 16.2. The van der Waals surface area contributed by atoms with Crippen molar-refractivity contribution in [2.75, 3.05) is 47.5 Å². The lowest BCUT2D eigenvalue weighted by Crippen LogP contribution is -2.43. The number of benzene rings is 2. The van der Waals surface area contributed by atoms with Crippen LogP contribution in [0.15, 0.2) is 47.6 Å². The van der Waals surface area contributed by atoms with E-state index in [0.717, 1.165) is 38.3 Å². The Morgan fingerprint density at radius 3 is 2.07 bits per heavy atom. The van der Waals surface area contributed by atoms with Crippen molar-refractivity contribution in [3.05, 3.63) is 53.6 Å². The van der Waals surface area contributed by atoms with Crippen molar-refractivity contribution in [1.82, 2.24) is 9.91 Å². The van der Waals surface area contributed by atoms with Gasteiger partial charge in [0.15, 0.2) is 11.5 Å². The van der Waals surface area contributed by atoms with E-state index in [9.17, 15) is 0 Å². The molecule has 0 atom stereocenters. The molecule has 6 heteroatoms. The lowest BCUT2D eigenvalue weighted by atomic mass is 10.2. The number of rotatable bonds is 7. The quantitative estimate of drug-likeness (QED) is 0.703. The van der Waals surface area contributed by atoms with Gasteiger partial charge in [0, 0.05) is 38.3 Å². The summed E-state index contributed by atoms with van der Waals surface area (Å²) in [5, 5.41) is 6.73. The van der Waals surface area contributed by atoms with Crippen molar-refractivity contribution in [3.63, 3.8) is 0 Å². The first-order valence-corrected chi connectivity index (χ1v) is 9.08. The summed E-state index contributed by atoms with van der Waals surface area (Å²) in [5.41, 5.74) is 2.27. The van der Waals surface area contributed by atoms with Crippen LogP contribution < -0.4 is 14.2 Å². The molecule has 1 fully saturated rings. The minimum atomic E-state index is 0.590. The predicted molar refractivity (Wildman–Crippen MR) is 107 cm³/mol. The topological polar surface area (TPSA) is 46.5 Å². The molecule has 0 unspecified atom stereocenters. The number of nitrogens with zero attached hydrogens (tertiary/aromatic N) is 3. The molecule has 0 radical (unpaired) electrons. The zero-order chi connectivity index (χ0) is 19.1. The standard InChI is InChI=1S/C21H27N3O3/c1-25-19-13-18(14-20(26-2)21(19)27-3)15-22-24-11-9-23(10-12-24)16-17-7-5-4-6-8-17/h4-8,13-15H,9-12,16H2,1-3H3/b22-15+. The van der Waals surface area contributed by atoms with E-state index in [-0.39, 0.29) is 0 Å². The van der Waals surface area contributed by atoms with Crippen LogP contribution in [0.3, 0.4) is 0 Å². The highest BCUT2D eigenvalue weighted by atomic mass is 16.5. The molecule has 1 saturated heterocycles. The Morgan fingerprint density at radius 2 is 1.52 bits per heavy atom. The van der Waals surface area contributed by atoms with Gasteiger partial charge in [0.25, 0.3) is 0 Å². The van der Waals surface area contributed by atoms with Crippen molar-refractivity contribution < 1.29 is 14.2 Å². The smallest absolute Gasteiger partial charge is 0.203 e. The minimum absolute atomic E-state index is 0.590. The first-order valence-electron chi connectivity index (χ1n) is 9.08. The van der Waals surface area contributed by atoms with Gasteiger partial charge >= 0.3 is 0 Å². The molecule has 1 heterocycles. The van der Waals surface area contributed by atoms with Gasteiger partial charge < -0.3 is 14.2 Å². The molecule has 0 amide bonds. The van der Waals surface area contributed by atoms with Crippen LogP contribution in [-0.2, 0) is 6.54 Å². The van der Waals surface area contributed by atoms with E-state index in [1.807, 2.05) is 18.3 Å². The SMILES string of the molecule is COc1cc(/C=N/N2CCN(Cc3ccccc3)CC2)cc(OC)c1OC. The molecule has 0 spiro atoms. The van der Waals surface area contributed by atoms with Gasteiger partial charge in [-0.3, -0.25) is 9.91 Å². The Morgan fingerprint density at radius 1 is 0.889 bits per heavy atom. The maximum Gasteiger partial charge on any atom is 0.203 e. The molecular formula is C21H27N3O3. The number of piperazine rings is 1. The second-order valence-corrected chi connectivity index (χ2v) is 6.42. The maximum absolute atomic E-state index is 5.39. The van der Waals surface area contributed by atoms with Crippen LogP contribution in [0.25, 0.3) is 0 Å². The molecule has 2 aromatic rings. The van der Waals surface area contributed by atoms with Crippen molar-refractivity contribution in [1.29, 1.82) is 0 Å². The molecular weight excluding hydrogens is 342 g/mol. The third-order valence-electron chi connectivity index (χ3n) is 4.65. The number of hydrazone groups is 1. The van der Waals surface area contributed by atoms with Crippen LogP contribution in [0, 0.1) is 0 Å². The Bertz CT molecular complexity index is 732. The third-order valence-corrected chi connectivity index (χ3v) is 4.65. The molecule has 1 aliphatic heterocycles. The highest BCUT2D eigenvalue weighted by Gasteiger charge is 2.16. The molecule has 1 aliphatic rings. The van der Waals surface area contributed by atoms with Crippen molar-refractivity contribution in [2.45, 2.75) is 6.54 Å². The van der Waals surface area contributed by atoms with Crippen LogP contribution >= 0.6 is 0 Å². The van der Waals surface area contributed by atoms with Gasteiger partial charge in [-0.15, -0.1) is 0 Å². The van der Waals surface area contributed by atoms with Crippen molar-refractivity contribution in [2.24, 2.45) is 5.10 Å². The number of methoxy groups -OCH3 is 3. The van der Waals surface area contributed by atoms with Gasteiger partial charge in [-0.05, 0) is 17.7 Å². The average Bonchev–Trinajstić information content (AvgIpc) is 2.73. The highest BCUT2D eigenvalue weighted by molar-refractivity contribution is 5.82. The van der Waals surface area contributed by atoms with Gasteiger partial charge in [0.05, 0.1) is 27.5 Å². The Hall–Kier alpha value is -2.73. The normalized spacial score (nSPS) is 15.1. The van der Waals surface area contributed by atoms with Crippen LogP contribution in [0.5, 0.6) is 17.2 Å². The van der Waals surface area contributed by atoms with E-state index in [1.54, 1.807) is 21.3 Å². The van der Waals surface area contributed by atoms with Crippen molar-refractivity contribution in [3.8, 4) is 17.2 Å². The largest absolute Gasteiger partial charge is 0.493 e. The maximum atomic E-state index is 5.39. The van der Waals surface area contributed by atoms with Crippen LogP contribution in [0.2, 0.25) is 0 Å². The fourth-order valence-electron chi connectivity index (χ4n) is 3.18. The first-order chi connectivity index (χ1) is 13.2. The summed E-state index contributed by atoms with van der Waals surface area (Å²) in [7, 11) is 4.83. The number of hydrogen-bond acceptors (Lipinski definition) is 6. The molecule has 0 N–H and O–H groups in total. The van der Waals surface area contributed by atoms with Gasteiger partial charge in [0.2, 0.25) is 5.75 Å². The van der Waals surface area contributed by atoms with Gasteiger partial charge in [-0.25, -0.2) is 0 Å². The molecule has 0 saturated carbocycles. The second-order valence-electron chi connectivity index (χ2n) is 6.42. The zero-order valence-corrected chi connectivity index (χ0v) is 16.2. The van der Waals surface area contributed by atoms with E-state index in [4.69, 9.17) is 14.2 Å². The molecule has 27 heavy (non-hydrogen) atoms. The predicted octanol–water partition coefficient (Wildman–Crippen LogP) is 2.86.